The van der Waals surface area contributed by atoms with Gasteiger partial charge in [-0.2, -0.15) is 5.26 Å². The van der Waals surface area contributed by atoms with E-state index in [1.807, 2.05) is 32.3 Å². The molecule has 0 aliphatic rings. The molecule has 2 N–H and O–H groups in total. The van der Waals surface area contributed by atoms with Gasteiger partial charge in [0.1, 0.15) is 17.8 Å². The topological polar surface area (TPSA) is 80.6 Å². The molecule has 0 saturated heterocycles. The Kier molecular flexibility index (Phi) is 3.42. The van der Waals surface area contributed by atoms with Crippen molar-refractivity contribution in [2.45, 2.75) is 0 Å². The zero-order valence-electron chi connectivity index (χ0n) is 12.0. The monoisotopic (exact) mass is 280 g/mol. The van der Waals surface area contributed by atoms with Crippen LogP contribution in [0.15, 0.2) is 24.5 Å². The van der Waals surface area contributed by atoms with E-state index in [-0.39, 0.29) is 0 Å². The van der Waals surface area contributed by atoms with Gasteiger partial charge in [-0.15, -0.1) is 0 Å². The average Bonchev–Trinajstić information content (AvgIpc) is 2.85. The molecule has 0 saturated carbocycles. The lowest BCUT2D eigenvalue weighted by molar-refractivity contribution is 0.425. The largest absolute Gasteiger partial charge is 0.368 e. The Morgan fingerprint density at radius 1 is 1.33 bits per heavy atom. The summed E-state index contributed by atoms with van der Waals surface area (Å²) < 4.78 is 0. The van der Waals surface area contributed by atoms with Crippen molar-refractivity contribution >= 4 is 27.8 Å². The molecule has 6 heteroatoms. The van der Waals surface area contributed by atoms with Crippen LogP contribution in [-0.4, -0.2) is 47.0 Å². The van der Waals surface area contributed by atoms with Crippen LogP contribution in [0.2, 0.25) is 0 Å². The summed E-state index contributed by atoms with van der Waals surface area (Å²) in [6, 6.07) is 7.73. The zero-order chi connectivity index (χ0) is 14.8. The lowest BCUT2D eigenvalue weighted by atomic mass is 10.1. The van der Waals surface area contributed by atoms with E-state index in [4.69, 9.17) is 5.26 Å². The molecule has 0 aliphatic heterocycles. The maximum absolute atomic E-state index is 8.99. The lowest BCUT2D eigenvalue weighted by Crippen LogP contribution is -2.21. The van der Waals surface area contributed by atoms with E-state index in [9.17, 15) is 0 Å². The first-order valence-corrected chi connectivity index (χ1v) is 6.74. The summed E-state index contributed by atoms with van der Waals surface area (Å²) in [5.74, 6) is 0.817. The van der Waals surface area contributed by atoms with Gasteiger partial charge in [-0.3, -0.25) is 0 Å². The number of aromatic amines is 1. The highest BCUT2D eigenvalue weighted by Crippen LogP contribution is 2.29. The van der Waals surface area contributed by atoms with Crippen molar-refractivity contribution in [1.29, 1.82) is 5.26 Å². The maximum Gasteiger partial charge on any atom is 0.143 e. The van der Waals surface area contributed by atoms with Gasteiger partial charge in [0.25, 0.3) is 0 Å². The SMILES string of the molecule is CN(C)CCNc1ncnc2[nH]c3cc(C#N)ccc3c12. The van der Waals surface area contributed by atoms with Gasteiger partial charge in [0.2, 0.25) is 0 Å². The van der Waals surface area contributed by atoms with Crippen molar-refractivity contribution in [2.75, 3.05) is 32.5 Å². The molecular weight excluding hydrogens is 264 g/mol. The number of fused-ring (bicyclic) bond motifs is 3. The Morgan fingerprint density at radius 3 is 2.95 bits per heavy atom. The highest BCUT2D eigenvalue weighted by Gasteiger charge is 2.11. The minimum atomic E-state index is 0.629. The van der Waals surface area contributed by atoms with Crippen LogP contribution in [0.25, 0.3) is 21.9 Å². The summed E-state index contributed by atoms with van der Waals surface area (Å²) in [7, 11) is 4.07. The molecule has 0 aliphatic carbocycles. The molecule has 21 heavy (non-hydrogen) atoms. The van der Waals surface area contributed by atoms with Crippen molar-refractivity contribution in [1.82, 2.24) is 19.9 Å². The first-order valence-electron chi connectivity index (χ1n) is 6.74. The highest BCUT2D eigenvalue weighted by molar-refractivity contribution is 6.11. The molecule has 0 unspecified atom stereocenters. The predicted molar refractivity (Wildman–Crippen MR) is 83.2 cm³/mol. The van der Waals surface area contributed by atoms with Gasteiger partial charge in [-0.25, -0.2) is 9.97 Å². The molecule has 2 heterocycles. The van der Waals surface area contributed by atoms with E-state index in [0.717, 1.165) is 40.8 Å². The highest BCUT2D eigenvalue weighted by atomic mass is 15.1. The van der Waals surface area contributed by atoms with Crippen molar-refractivity contribution in [3.63, 3.8) is 0 Å². The third kappa shape index (κ3) is 2.51. The second kappa shape index (κ2) is 5.38. The Bertz CT molecular complexity index is 827. The summed E-state index contributed by atoms with van der Waals surface area (Å²) in [5, 5.41) is 14.3. The Balaban J connectivity index is 2.07. The molecule has 0 atom stereocenters. The van der Waals surface area contributed by atoms with Crippen molar-refractivity contribution in [3.05, 3.63) is 30.1 Å². The van der Waals surface area contributed by atoms with E-state index in [0.29, 0.717) is 5.56 Å². The molecule has 0 spiro atoms. The first kappa shape index (κ1) is 13.3. The number of aromatic nitrogens is 3. The number of anilines is 1. The second-order valence-corrected chi connectivity index (χ2v) is 5.17. The number of rotatable bonds is 4. The summed E-state index contributed by atoms with van der Waals surface area (Å²) in [4.78, 5) is 14.0. The van der Waals surface area contributed by atoms with Gasteiger partial charge in [-0.1, -0.05) is 6.07 Å². The predicted octanol–water partition coefficient (Wildman–Crippen LogP) is 1.96. The molecule has 0 bridgehead atoms. The molecule has 3 rings (SSSR count). The molecule has 0 fully saturated rings. The number of H-pyrrole nitrogens is 1. The third-order valence-corrected chi connectivity index (χ3v) is 3.37. The quantitative estimate of drug-likeness (QED) is 0.763. The number of hydrogen-bond donors (Lipinski definition) is 2. The Morgan fingerprint density at radius 2 is 2.19 bits per heavy atom. The minimum absolute atomic E-state index is 0.629. The van der Waals surface area contributed by atoms with Crippen molar-refractivity contribution < 1.29 is 0 Å². The van der Waals surface area contributed by atoms with E-state index in [2.05, 4.69) is 31.2 Å². The van der Waals surface area contributed by atoms with Crippen LogP contribution in [0, 0.1) is 11.3 Å². The fraction of sp³-hybridized carbons (Fsp3) is 0.267. The van der Waals surface area contributed by atoms with Crippen LogP contribution in [-0.2, 0) is 0 Å². The van der Waals surface area contributed by atoms with Crippen LogP contribution in [0.1, 0.15) is 5.56 Å². The van der Waals surface area contributed by atoms with E-state index < -0.39 is 0 Å². The zero-order valence-corrected chi connectivity index (χ0v) is 12.0. The molecule has 3 aromatic rings. The van der Waals surface area contributed by atoms with Gasteiger partial charge in [-0.05, 0) is 26.2 Å². The fourth-order valence-corrected chi connectivity index (χ4v) is 2.33. The van der Waals surface area contributed by atoms with E-state index in [1.54, 1.807) is 6.33 Å². The number of likely N-dealkylation sites (N-methyl/N-ethyl adjacent to an activating group) is 1. The summed E-state index contributed by atoms with van der Waals surface area (Å²) in [5.41, 5.74) is 2.31. The van der Waals surface area contributed by atoms with Crippen LogP contribution in [0.5, 0.6) is 0 Å². The number of nitrogens with zero attached hydrogens (tertiary/aromatic N) is 4. The molecular formula is C15H16N6. The number of nitriles is 1. The minimum Gasteiger partial charge on any atom is -0.368 e. The lowest BCUT2D eigenvalue weighted by Gasteiger charge is -2.11. The van der Waals surface area contributed by atoms with Gasteiger partial charge in [0, 0.05) is 24.0 Å². The second-order valence-electron chi connectivity index (χ2n) is 5.17. The molecule has 6 nitrogen and oxygen atoms in total. The molecule has 0 radical (unpaired) electrons. The third-order valence-electron chi connectivity index (χ3n) is 3.37. The Labute approximate surface area is 122 Å². The van der Waals surface area contributed by atoms with Crippen LogP contribution < -0.4 is 5.32 Å². The average molecular weight is 280 g/mol. The smallest absolute Gasteiger partial charge is 0.143 e. The summed E-state index contributed by atoms with van der Waals surface area (Å²) in [6.07, 6.45) is 1.54. The van der Waals surface area contributed by atoms with Crippen molar-refractivity contribution in [2.24, 2.45) is 0 Å². The maximum atomic E-state index is 8.99. The van der Waals surface area contributed by atoms with E-state index in [1.165, 1.54) is 0 Å². The van der Waals surface area contributed by atoms with Gasteiger partial charge in [0.15, 0.2) is 0 Å². The standard InChI is InChI=1S/C15H16N6/c1-21(2)6-5-17-14-13-11-4-3-10(8-16)7-12(11)20-15(13)19-9-18-14/h3-4,7,9H,5-6H2,1-2H3,(H2,17,18,19,20). The first-order chi connectivity index (χ1) is 10.2. The summed E-state index contributed by atoms with van der Waals surface area (Å²) >= 11 is 0. The fourth-order valence-electron chi connectivity index (χ4n) is 2.33. The van der Waals surface area contributed by atoms with E-state index >= 15 is 0 Å². The molecule has 2 aromatic heterocycles. The summed E-state index contributed by atoms with van der Waals surface area (Å²) in [6.45, 7) is 1.73. The number of nitrogens with one attached hydrogen (secondary N) is 2. The normalized spacial score (nSPS) is 11.1. The van der Waals surface area contributed by atoms with Crippen LogP contribution in [0.3, 0.4) is 0 Å². The number of benzene rings is 1. The van der Waals surface area contributed by atoms with Gasteiger partial charge >= 0.3 is 0 Å². The number of hydrogen-bond acceptors (Lipinski definition) is 5. The van der Waals surface area contributed by atoms with Crippen molar-refractivity contribution in [3.8, 4) is 6.07 Å². The molecule has 1 aromatic carbocycles. The van der Waals surface area contributed by atoms with Crippen LogP contribution in [0.4, 0.5) is 5.82 Å². The van der Waals surface area contributed by atoms with Gasteiger partial charge in [0.05, 0.1) is 17.0 Å². The molecule has 0 amide bonds. The van der Waals surface area contributed by atoms with Gasteiger partial charge < -0.3 is 15.2 Å². The Hall–Kier alpha value is -2.65. The molecule has 106 valence electrons. The van der Waals surface area contributed by atoms with Crippen LogP contribution >= 0.6 is 0 Å².